The highest BCUT2D eigenvalue weighted by Gasteiger charge is 2.23. The maximum absolute atomic E-state index is 11.1. The van der Waals surface area contributed by atoms with E-state index >= 15 is 0 Å². The maximum atomic E-state index is 11.1. The van der Waals surface area contributed by atoms with E-state index < -0.39 is 4.92 Å². The van der Waals surface area contributed by atoms with Crippen LogP contribution in [0.1, 0.15) is 6.42 Å². The van der Waals surface area contributed by atoms with Crippen molar-refractivity contribution in [3.63, 3.8) is 0 Å². The number of aromatic nitrogens is 3. The molecule has 3 aromatic heterocycles. The van der Waals surface area contributed by atoms with Crippen LogP contribution >= 0.6 is 11.6 Å². The van der Waals surface area contributed by atoms with Gasteiger partial charge >= 0.3 is 5.82 Å². The molecule has 0 saturated carbocycles. The Bertz CT molecular complexity index is 993. The number of nitrogens with zero attached hydrogens (tertiary/aromatic N) is 4. The van der Waals surface area contributed by atoms with Crippen LogP contribution in [0.15, 0.2) is 30.7 Å². The molecule has 0 spiro atoms. The summed E-state index contributed by atoms with van der Waals surface area (Å²) in [7, 11) is 3.16. The number of pyridine rings is 2. The van der Waals surface area contributed by atoms with Gasteiger partial charge in [-0.25, -0.2) is 4.52 Å². The predicted octanol–water partition coefficient (Wildman–Crippen LogP) is 3.54. The third-order valence-corrected chi connectivity index (χ3v) is 4.20. The van der Waals surface area contributed by atoms with Crippen molar-refractivity contribution in [2.24, 2.45) is 0 Å². The van der Waals surface area contributed by atoms with E-state index in [0.29, 0.717) is 30.2 Å². The van der Waals surface area contributed by atoms with Gasteiger partial charge in [-0.1, -0.05) is 11.6 Å². The van der Waals surface area contributed by atoms with Gasteiger partial charge in [-0.15, -0.1) is 0 Å². The highest BCUT2D eigenvalue weighted by Crippen LogP contribution is 2.39. The van der Waals surface area contributed by atoms with E-state index in [2.05, 4.69) is 15.4 Å². The Balaban J connectivity index is 1.82. The van der Waals surface area contributed by atoms with Gasteiger partial charge in [-0.3, -0.25) is 0 Å². The molecule has 1 N–H and O–H groups in total. The molecule has 3 rings (SSSR count). The number of ether oxygens (including phenoxy) is 3. The lowest BCUT2D eigenvalue weighted by Crippen LogP contribution is -2.02. The zero-order chi connectivity index (χ0) is 20.1. The molecule has 0 saturated heterocycles. The van der Waals surface area contributed by atoms with Crippen molar-refractivity contribution in [2.75, 3.05) is 32.7 Å². The molecule has 0 aliphatic heterocycles. The van der Waals surface area contributed by atoms with E-state index in [1.807, 2.05) is 0 Å². The monoisotopic (exact) mass is 407 g/mol. The van der Waals surface area contributed by atoms with Crippen LogP contribution < -0.4 is 14.8 Å². The number of rotatable bonds is 9. The van der Waals surface area contributed by atoms with E-state index in [1.54, 1.807) is 30.0 Å². The third kappa shape index (κ3) is 4.07. The lowest BCUT2D eigenvalue weighted by Gasteiger charge is -2.09. The average molecular weight is 408 g/mol. The summed E-state index contributed by atoms with van der Waals surface area (Å²) in [6.07, 6.45) is 5.23. The van der Waals surface area contributed by atoms with Crippen LogP contribution in [0.4, 0.5) is 11.5 Å². The number of hydrogen-bond acceptors (Lipinski definition) is 8. The van der Waals surface area contributed by atoms with Gasteiger partial charge in [-0.2, -0.15) is 5.10 Å². The lowest BCUT2D eigenvalue weighted by atomic mass is 10.3. The summed E-state index contributed by atoms with van der Waals surface area (Å²) in [6.45, 7) is 1.15. The molecule has 148 valence electrons. The Hall–Kier alpha value is -3.11. The second-order valence-corrected chi connectivity index (χ2v) is 6.02. The van der Waals surface area contributed by atoms with Crippen LogP contribution in [-0.2, 0) is 4.74 Å². The number of anilines is 1. The fourth-order valence-corrected chi connectivity index (χ4v) is 2.78. The Kier molecular flexibility index (Phi) is 6.12. The molecule has 28 heavy (non-hydrogen) atoms. The Morgan fingerprint density at radius 2 is 2.11 bits per heavy atom. The summed E-state index contributed by atoms with van der Waals surface area (Å²) in [5.74, 6) is 0.873. The fourth-order valence-electron chi connectivity index (χ4n) is 2.51. The number of methoxy groups -OCH3 is 1. The first kappa shape index (κ1) is 19.6. The quantitative estimate of drug-likeness (QED) is 0.325. The molecule has 0 bridgehead atoms. The van der Waals surface area contributed by atoms with Crippen LogP contribution in [0, 0.1) is 10.1 Å². The van der Waals surface area contributed by atoms with Crippen molar-refractivity contribution in [3.05, 3.63) is 45.9 Å². The molecular weight excluding hydrogens is 390 g/mol. The van der Waals surface area contributed by atoms with Crippen LogP contribution in [0.25, 0.3) is 5.52 Å². The van der Waals surface area contributed by atoms with Crippen LogP contribution in [-0.4, -0.2) is 46.9 Å². The molecule has 0 unspecified atom stereocenters. The van der Waals surface area contributed by atoms with Crippen molar-refractivity contribution >= 4 is 28.6 Å². The summed E-state index contributed by atoms with van der Waals surface area (Å²) in [4.78, 5) is 14.2. The minimum absolute atomic E-state index is 0.0571. The van der Waals surface area contributed by atoms with Crippen molar-refractivity contribution < 1.29 is 19.1 Å². The van der Waals surface area contributed by atoms with Gasteiger partial charge in [-0.05, 0) is 22.0 Å². The SMILES string of the molecule is CNc1c([N+](=O)[O-])ncc(Oc2cnn3cc(OCCCOC)ccc23)c1Cl. The largest absolute Gasteiger partial charge is 0.492 e. The molecule has 0 amide bonds. The summed E-state index contributed by atoms with van der Waals surface area (Å²) in [5, 5.41) is 18.0. The summed E-state index contributed by atoms with van der Waals surface area (Å²) >= 11 is 6.24. The molecular formula is C17H18ClN5O5. The second-order valence-electron chi connectivity index (χ2n) is 5.64. The topological polar surface area (TPSA) is 113 Å². The molecule has 11 heteroatoms. The van der Waals surface area contributed by atoms with Crippen molar-refractivity contribution in [1.82, 2.24) is 14.6 Å². The van der Waals surface area contributed by atoms with Gasteiger partial charge in [0.1, 0.15) is 16.3 Å². The van der Waals surface area contributed by atoms with E-state index in [-0.39, 0.29) is 22.3 Å². The van der Waals surface area contributed by atoms with Crippen molar-refractivity contribution in [2.45, 2.75) is 6.42 Å². The van der Waals surface area contributed by atoms with Crippen LogP contribution in [0.2, 0.25) is 5.02 Å². The summed E-state index contributed by atoms with van der Waals surface area (Å²) in [5.41, 5.74) is 0.747. The second kappa shape index (κ2) is 8.72. The Morgan fingerprint density at radius 3 is 2.82 bits per heavy atom. The van der Waals surface area contributed by atoms with Crippen LogP contribution in [0.5, 0.6) is 17.2 Å². The minimum Gasteiger partial charge on any atom is -0.492 e. The third-order valence-electron chi connectivity index (χ3n) is 3.82. The number of halogens is 1. The molecule has 10 nitrogen and oxygen atoms in total. The first-order valence-electron chi connectivity index (χ1n) is 8.32. The highest BCUT2D eigenvalue weighted by atomic mass is 35.5. The Labute approximate surface area is 165 Å². The van der Waals surface area contributed by atoms with Gasteiger partial charge in [0.15, 0.2) is 23.4 Å². The van der Waals surface area contributed by atoms with E-state index in [1.165, 1.54) is 19.4 Å². The van der Waals surface area contributed by atoms with E-state index in [9.17, 15) is 10.1 Å². The molecule has 0 radical (unpaired) electrons. The smallest absolute Gasteiger partial charge is 0.388 e. The molecule has 0 aliphatic rings. The molecule has 3 aromatic rings. The molecule has 0 fully saturated rings. The Morgan fingerprint density at radius 1 is 1.29 bits per heavy atom. The van der Waals surface area contributed by atoms with Gasteiger partial charge in [0.05, 0.1) is 19.0 Å². The summed E-state index contributed by atoms with van der Waals surface area (Å²) in [6, 6.07) is 3.59. The first-order chi connectivity index (χ1) is 13.5. The highest BCUT2D eigenvalue weighted by molar-refractivity contribution is 6.35. The van der Waals surface area contributed by atoms with Gasteiger partial charge in [0.2, 0.25) is 0 Å². The standard InChI is InChI=1S/C17H18ClN5O5/c1-19-16-15(18)14(8-20-17(16)23(24)25)28-13-9-21-22-10-11(4-5-12(13)22)27-7-3-6-26-2/h4-5,8-10,19H,3,6-7H2,1-2H3. The fraction of sp³-hybridized carbons (Fsp3) is 0.294. The number of nitrogens with one attached hydrogen (secondary N) is 1. The van der Waals surface area contributed by atoms with Crippen LogP contribution in [0.3, 0.4) is 0 Å². The normalized spacial score (nSPS) is 10.8. The van der Waals surface area contributed by atoms with Crippen molar-refractivity contribution in [3.8, 4) is 17.2 Å². The van der Waals surface area contributed by atoms with E-state index in [0.717, 1.165) is 6.42 Å². The lowest BCUT2D eigenvalue weighted by molar-refractivity contribution is -0.388. The minimum atomic E-state index is -0.620. The molecule has 3 heterocycles. The van der Waals surface area contributed by atoms with Gasteiger partial charge < -0.3 is 29.6 Å². The average Bonchev–Trinajstić information content (AvgIpc) is 3.08. The van der Waals surface area contributed by atoms with Gasteiger partial charge in [0.25, 0.3) is 0 Å². The predicted molar refractivity (Wildman–Crippen MR) is 103 cm³/mol. The molecule has 0 aliphatic carbocycles. The number of fused-ring (bicyclic) bond motifs is 1. The molecule has 0 aromatic carbocycles. The number of hydrogen-bond donors (Lipinski definition) is 1. The number of nitro groups is 1. The summed E-state index contributed by atoms with van der Waals surface area (Å²) < 4.78 is 18.0. The van der Waals surface area contributed by atoms with E-state index in [4.69, 9.17) is 25.8 Å². The van der Waals surface area contributed by atoms with Gasteiger partial charge in [0, 0.05) is 27.2 Å². The zero-order valence-corrected chi connectivity index (χ0v) is 16.0. The molecule has 0 atom stereocenters. The zero-order valence-electron chi connectivity index (χ0n) is 15.2. The van der Waals surface area contributed by atoms with Crippen molar-refractivity contribution in [1.29, 1.82) is 0 Å². The maximum Gasteiger partial charge on any atom is 0.388 e. The first-order valence-corrected chi connectivity index (χ1v) is 8.70.